The number of primary amides is 1. The molecule has 3 rings (SSSR count). The van der Waals surface area contributed by atoms with Gasteiger partial charge in [0.25, 0.3) is 0 Å². The van der Waals surface area contributed by atoms with E-state index in [0.717, 1.165) is 52.0 Å². The summed E-state index contributed by atoms with van der Waals surface area (Å²) < 4.78 is 0. The zero-order valence-electron chi connectivity index (χ0n) is 14.1. The third kappa shape index (κ3) is 3.87. The molecule has 130 valence electrons. The first-order chi connectivity index (χ1) is 11.6. The number of nitrogens with zero attached hydrogens (tertiary/aromatic N) is 3. The van der Waals surface area contributed by atoms with E-state index >= 15 is 0 Å². The number of benzene rings is 1. The van der Waals surface area contributed by atoms with Crippen molar-refractivity contribution in [2.24, 2.45) is 5.73 Å². The summed E-state index contributed by atoms with van der Waals surface area (Å²) in [4.78, 5) is 29.9. The van der Waals surface area contributed by atoms with E-state index in [1.165, 1.54) is 10.5 Å². The largest absolute Gasteiger partial charge is 0.351 e. The van der Waals surface area contributed by atoms with Crippen molar-refractivity contribution in [1.29, 1.82) is 0 Å². The van der Waals surface area contributed by atoms with Gasteiger partial charge >= 0.3 is 6.03 Å². The molecule has 2 aliphatic rings. The summed E-state index contributed by atoms with van der Waals surface area (Å²) >= 11 is 0. The number of carbonyl (C=O) groups is 2. The molecule has 6 nitrogen and oxygen atoms in total. The van der Waals surface area contributed by atoms with Gasteiger partial charge in [-0.3, -0.25) is 9.69 Å². The van der Waals surface area contributed by atoms with Crippen molar-refractivity contribution in [3.63, 3.8) is 0 Å². The molecular weight excluding hydrogens is 304 g/mol. The number of amides is 3. The minimum Gasteiger partial charge on any atom is -0.351 e. The van der Waals surface area contributed by atoms with E-state index in [2.05, 4.69) is 29.2 Å². The van der Waals surface area contributed by atoms with E-state index in [9.17, 15) is 9.59 Å². The fourth-order valence-corrected chi connectivity index (χ4v) is 3.62. The number of piperazine rings is 1. The summed E-state index contributed by atoms with van der Waals surface area (Å²) in [6, 6.07) is 9.64. The molecule has 1 atom stereocenters. The molecule has 2 N–H and O–H groups in total. The van der Waals surface area contributed by atoms with Crippen LogP contribution in [-0.4, -0.2) is 71.9 Å². The second kappa shape index (κ2) is 7.66. The second-order valence-electron chi connectivity index (χ2n) is 6.59. The van der Waals surface area contributed by atoms with Crippen molar-refractivity contribution < 1.29 is 9.59 Å². The zero-order chi connectivity index (χ0) is 16.9. The highest BCUT2D eigenvalue weighted by atomic mass is 16.2. The number of urea groups is 1. The molecule has 0 aromatic heterocycles. The van der Waals surface area contributed by atoms with Crippen LogP contribution in [-0.2, 0) is 11.2 Å². The molecule has 0 bridgehead atoms. The molecular formula is C18H26N4O2. The molecule has 3 amide bonds. The van der Waals surface area contributed by atoms with Gasteiger partial charge in [-0.2, -0.15) is 0 Å². The van der Waals surface area contributed by atoms with E-state index < -0.39 is 6.03 Å². The smallest absolute Gasteiger partial charge is 0.315 e. The average molecular weight is 330 g/mol. The molecule has 2 heterocycles. The van der Waals surface area contributed by atoms with Crippen molar-refractivity contribution in [3.05, 3.63) is 35.9 Å². The summed E-state index contributed by atoms with van der Waals surface area (Å²) in [5.74, 6) is 0.0639. The van der Waals surface area contributed by atoms with Crippen LogP contribution < -0.4 is 5.73 Å². The molecule has 1 aromatic rings. The van der Waals surface area contributed by atoms with Crippen LogP contribution in [0.1, 0.15) is 18.4 Å². The minimum atomic E-state index is -0.479. The Morgan fingerprint density at radius 1 is 1.04 bits per heavy atom. The quantitative estimate of drug-likeness (QED) is 0.892. The molecule has 0 saturated carbocycles. The van der Waals surface area contributed by atoms with E-state index in [0.29, 0.717) is 6.54 Å². The van der Waals surface area contributed by atoms with E-state index in [4.69, 9.17) is 5.73 Å². The normalized spacial score (nSPS) is 21.9. The van der Waals surface area contributed by atoms with Gasteiger partial charge in [0.05, 0.1) is 0 Å². The van der Waals surface area contributed by atoms with Gasteiger partial charge in [0.15, 0.2) is 0 Å². The Labute approximate surface area is 143 Å². The topological polar surface area (TPSA) is 69.9 Å². The van der Waals surface area contributed by atoms with Crippen molar-refractivity contribution in [1.82, 2.24) is 14.7 Å². The maximum Gasteiger partial charge on any atom is 0.315 e. The van der Waals surface area contributed by atoms with Gasteiger partial charge in [0, 0.05) is 39.3 Å². The molecule has 24 heavy (non-hydrogen) atoms. The summed E-state index contributed by atoms with van der Waals surface area (Å²) in [5.41, 5.74) is 6.73. The predicted octanol–water partition coefficient (Wildman–Crippen LogP) is 0.916. The molecule has 0 unspecified atom stereocenters. The minimum absolute atomic E-state index is 0.0639. The van der Waals surface area contributed by atoms with Gasteiger partial charge < -0.3 is 15.5 Å². The van der Waals surface area contributed by atoms with Crippen LogP contribution in [0.2, 0.25) is 0 Å². The van der Waals surface area contributed by atoms with Crippen LogP contribution >= 0.6 is 0 Å². The monoisotopic (exact) mass is 330 g/mol. The molecule has 6 heteroatoms. The Hall–Kier alpha value is -2.08. The second-order valence-corrected chi connectivity index (χ2v) is 6.59. The lowest BCUT2D eigenvalue weighted by Crippen LogP contribution is -2.55. The van der Waals surface area contributed by atoms with Gasteiger partial charge in [0.2, 0.25) is 5.91 Å². The van der Waals surface area contributed by atoms with Gasteiger partial charge in [0.1, 0.15) is 6.04 Å². The average Bonchev–Trinajstić information content (AvgIpc) is 3.11. The Morgan fingerprint density at radius 3 is 2.42 bits per heavy atom. The lowest BCUT2D eigenvalue weighted by Gasteiger charge is -2.37. The highest BCUT2D eigenvalue weighted by molar-refractivity contribution is 5.87. The Bertz CT molecular complexity index is 570. The number of nitrogens with two attached hydrogens (primary N) is 1. The van der Waals surface area contributed by atoms with Crippen molar-refractivity contribution in [2.45, 2.75) is 25.3 Å². The fourth-order valence-electron chi connectivity index (χ4n) is 3.62. The lowest BCUT2D eigenvalue weighted by atomic mass is 10.1. The summed E-state index contributed by atoms with van der Waals surface area (Å²) in [6.45, 7) is 4.86. The van der Waals surface area contributed by atoms with E-state index in [-0.39, 0.29) is 11.9 Å². The van der Waals surface area contributed by atoms with Gasteiger partial charge in [-0.05, 0) is 24.8 Å². The molecule has 2 fully saturated rings. The Morgan fingerprint density at radius 2 is 1.75 bits per heavy atom. The van der Waals surface area contributed by atoms with E-state index in [1.54, 1.807) is 0 Å². The van der Waals surface area contributed by atoms with Crippen LogP contribution in [0, 0.1) is 0 Å². The van der Waals surface area contributed by atoms with Gasteiger partial charge in [-0.15, -0.1) is 0 Å². The van der Waals surface area contributed by atoms with Gasteiger partial charge in [-0.25, -0.2) is 4.79 Å². The first kappa shape index (κ1) is 16.8. The lowest BCUT2D eigenvalue weighted by molar-refractivity contribution is -0.136. The van der Waals surface area contributed by atoms with Crippen molar-refractivity contribution in [2.75, 3.05) is 39.3 Å². The molecule has 1 aromatic carbocycles. The Balaban J connectivity index is 1.46. The first-order valence-electron chi connectivity index (χ1n) is 8.76. The Kier molecular flexibility index (Phi) is 5.35. The van der Waals surface area contributed by atoms with Crippen LogP contribution in [0.5, 0.6) is 0 Å². The number of likely N-dealkylation sites (tertiary alicyclic amines) is 1. The highest BCUT2D eigenvalue weighted by Crippen LogP contribution is 2.19. The maximum absolute atomic E-state index is 12.7. The highest BCUT2D eigenvalue weighted by Gasteiger charge is 2.36. The SMILES string of the molecule is NC(=O)N1CCC[C@H]1C(=O)N1CCN(CCc2ccccc2)CC1. The van der Waals surface area contributed by atoms with Crippen LogP contribution in [0.4, 0.5) is 4.79 Å². The fraction of sp³-hybridized carbons (Fsp3) is 0.556. The standard InChI is InChI=1S/C18H26N4O2/c19-18(24)22-9-4-7-16(22)17(23)21-13-11-20(12-14-21)10-8-15-5-2-1-3-6-15/h1-3,5-6,16H,4,7-14H2,(H2,19,24)/t16-/m0/s1. The number of hydrogen-bond donors (Lipinski definition) is 1. The third-order valence-electron chi connectivity index (χ3n) is 5.06. The molecule has 2 aliphatic heterocycles. The number of hydrogen-bond acceptors (Lipinski definition) is 3. The molecule has 0 radical (unpaired) electrons. The maximum atomic E-state index is 12.7. The zero-order valence-corrected chi connectivity index (χ0v) is 14.1. The third-order valence-corrected chi connectivity index (χ3v) is 5.06. The van der Waals surface area contributed by atoms with Crippen LogP contribution in [0.3, 0.4) is 0 Å². The molecule has 0 aliphatic carbocycles. The number of rotatable bonds is 4. The summed E-state index contributed by atoms with van der Waals surface area (Å²) in [7, 11) is 0. The van der Waals surface area contributed by atoms with Crippen LogP contribution in [0.15, 0.2) is 30.3 Å². The van der Waals surface area contributed by atoms with Crippen molar-refractivity contribution in [3.8, 4) is 0 Å². The van der Waals surface area contributed by atoms with E-state index in [1.807, 2.05) is 11.0 Å². The van der Waals surface area contributed by atoms with Crippen LogP contribution in [0.25, 0.3) is 0 Å². The molecule has 2 saturated heterocycles. The first-order valence-corrected chi connectivity index (χ1v) is 8.76. The van der Waals surface area contributed by atoms with Gasteiger partial charge in [-0.1, -0.05) is 30.3 Å². The van der Waals surface area contributed by atoms with Crippen molar-refractivity contribution >= 4 is 11.9 Å². The number of carbonyl (C=O) groups excluding carboxylic acids is 2. The predicted molar refractivity (Wildman–Crippen MR) is 92.5 cm³/mol. The summed E-state index contributed by atoms with van der Waals surface area (Å²) in [5, 5.41) is 0. The summed E-state index contributed by atoms with van der Waals surface area (Å²) in [6.07, 6.45) is 2.62. The molecule has 0 spiro atoms.